The first-order valence-corrected chi connectivity index (χ1v) is 6.29. The average molecular weight is 263 g/mol. The third-order valence-corrected chi connectivity index (χ3v) is 3.16. The Bertz CT molecular complexity index is 748. The molecule has 0 radical (unpaired) electrons. The van der Waals surface area contributed by atoms with Crippen molar-refractivity contribution in [3.8, 4) is 11.8 Å². The maximum absolute atomic E-state index is 9.36. The molecule has 20 heavy (non-hydrogen) atoms. The standard InChI is InChI=1S/C15H13N5/c1-12-14(9-16)15(10-19-8-7-17-11-19)20(18-12)13-5-3-2-4-6-13/h2-8,11H,10H2,1H3. The lowest BCUT2D eigenvalue weighted by molar-refractivity contribution is 0.715. The molecule has 3 rings (SSSR count). The molecule has 2 aromatic heterocycles. The van der Waals surface area contributed by atoms with Gasteiger partial charge in [0.1, 0.15) is 6.07 Å². The van der Waals surface area contributed by atoms with Gasteiger partial charge in [0, 0.05) is 12.4 Å². The van der Waals surface area contributed by atoms with Gasteiger partial charge < -0.3 is 4.57 Å². The van der Waals surface area contributed by atoms with Crippen LogP contribution in [0.3, 0.4) is 0 Å². The van der Waals surface area contributed by atoms with E-state index in [0.717, 1.165) is 17.1 Å². The number of nitrogens with zero attached hydrogens (tertiary/aromatic N) is 5. The van der Waals surface area contributed by atoms with Gasteiger partial charge in [0.25, 0.3) is 0 Å². The van der Waals surface area contributed by atoms with E-state index >= 15 is 0 Å². The lowest BCUT2D eigenvalue weighted by Gasteiger charge is -2.08. The van der Waals surface area contributed by atoms with E-state index in [9.17, 15) is 5.26 Å². The first-order valence-electron chi connectivity index (χ1n) is 6.29. The van der Waals surface area contributed by atoms with Crippen LogP contribution in [0.4, 0.5) is 0 Å². The van der Waals surface area contributed by atoms with Crippen LogP contribution in [0, 0.1) is 18.3 Å². The monoisotopic (exact) mass is 263 g/mol. The minimum atomic E-state index is 0.568. The van der Waals surface area contributed by atoms with E-state index in [4.69, 9.17) is 0 Å². The van der Waals surface area contributed by atoms with Crippen LogP contribution in [0.2, 0.25) is 0 Å². The zero-order chi connectivity index (χ0) is 13.9. The normalized spacial score (nSPS) is 10.4. The molecule has 0 aliphatic heterocycles. The summed E-state index contributed by atoms with van der Waals surface area (Å²) in [5, 5.41) is 13.9. The Kier molecular flexibility index (Phi) is 3.05. The van der Waals surface area contributed by atoms with Crippen molar-refractivity contribution in [1.82, 2.24) is 19.3 Å². The third kappa shape index (κ3) is 2.08. The molecule has 0 spiro atoms. The lowest BCUT2D eigenvalue weighted by Crippen LogP contribution is -2.07. The second kappa shape index (κ2) is 5.02. The number of hydrogen-bond donors (Lipinski definition) is 0. The maximum Gasteiger partial charge on any atom is 0.103 e. The predicted molar refractivity (Wildman–Crippen MR) is 74.3 cm³/mol. The second-order valence-electron chi connectivity index (χ2n) is 4.50. The molecule has 0 bridgehead atoms. The van der Waals surface area contributed by atoms with Crippen molar-refractivity contribution in [2.24, 2.45) is 0 Å². The number of benzene rings is 1. The third-order valence-electron chi connectivity index (χ3n) is 3.16. The smallest absolute Gasteiger partial charge is 0.103 e. The summed E-state index contributed by atoms with van der Waals surface area (Å²) in [6, 6.07) is 12.1. The number of aromatic nitrogens is 4. The molecule has 0 amide bonds. The molecule has 0 saturated carbocycles. The van der Waals surface area contributed by atoms with Crippen molar-refractivity contribution in [2.75, 3.05) is 0 Å². The van der Waals surface area contributed by atoms with E-state index in [0.29, 0.717) is 12.1 Å². The summed E-state index contributed by atoms with van der Waals surface area (Å²) in [4.78, 5) is 4.03. The minimum Gasteiger partial charge on any atom is -0.331 e. The van der Waals surface area contributed by atoms with Crippen molar-refractivity contribution in [3.63, 3.8) is 0 Å². The number of nitriles is 1. The highest BCUT2D eigenvalue weighted by atomic mass is 15.3. The summed E-state index contributed by atoms with van der Waals surface area (Å²) < 4.78 is 3.75. The number of hydrogen-bond acceptors (Lipinski definition) is 3. The van der Waals surface area contributed by atoms with Gasteiger partial charge in [-0.1, -0.05) is 18.2 Å². The van der Waals surface area contributed by atoms with Crippen LogP contribution in [0.15, 0.2) is 49.1 Å². The number of imidazole rings is 1. The molecular weight excluding hydrogens is 250 g/mol. The number of aryl methyl sites for hydroxylation is 1. The summed E-state index contributed by atoms with van der Waals surface area (Å²) in [5.74, 6) is 0. The van der Waals surface area contributed by atoms with Gasteiger partial charge >= 0.3 is 0 Å². The summed E-state index contributed by atoms with van der Waals surface area (Å²) in [5.41, 5.74) is 3.19. The lowest BCUT2D eigenvalue weighted by atomic mass is 10.2. The number of rotatable bonds is 3. The zero-order valence-corrected chi connectivity index (χ0v) is 11.1. The zero-order valence-electron chi connectivity index (χ0n) is 11.1. The molecule has 3 aromatic rings. The van der Waals surface area contributed by atoms with Crippen molar-refractivity contribution in [1.29, 1.82) is 5.26 Å². The fourth-order valence-corrected chi connectivity index (χ4v) is 2.20. The van der Waals surface area contributed by atoms with E-state index in [1.807, 2.05) is 52.7 Å². The molecule has 0 unspecified atom stereocenters. The first-order chi connectivity index (χ1) is 9.79. The summed E-state index contributed by atoms with van der Waals surface area (Å²) in [7, 11) is 0. The van der Waals surface area contributed by atoms with Crippen molar-refractivity contribution >= 4 is 0 Å². The average Bonchev–Trinajstić information content (AvgIpc) is 3.08. The molecule has 0 atom stereocenters. The molecule has 0 aliphatic rings. The molecule has 5 nitrogen and oxygen atoms in total. The molecule has 0 aliphatic carbocycles. The van der Waals surface area contributed by atoms with Crippen LogP contribution in [0.1, 0.15) is 17.0 Å². The van der Waals surface area contributed by atoms with Crippen LogP contribution in [0.5, 0.6) is 0 Å². The van der Waals surface area contributed by atoms with Crippen LogP contribution in [-0.4, -0.2) is 19.3 Å². The van der Waals surface area contributed by atoms with Gasteiger partial charge in [-0.05, 0) is 19.1 Å². The molecule has 0 saturated heterocycles. The van der Waals surface area contributed by atoms with Crippen LogP contribution >= 0.6 is 0 Å². The fraction of sp³-hybridized carbons (Fsp3) is 0.133. The topological polar surface area (TPSA) is 59.4 Å². The fourth-order valence-electron chi connectivity index (χ4n) is 2.20. The van der Waals surface area contributed by atoms with Gasteiger partial charge in [0.15, 0.2) is 0 Å². The summed E-state index contributed by atoms with van der Waals surface area (Å²) >= 11 is 0. The molecule has 2 heterocycles. The largest absolute Gasteiger partial charge is 0.331 e. The van der Waals surface area contributed by atoms with E-state index < -0.39 is 0 Å². The van der Waals surface area contributed by atoms with Crippen molar-refractivity contribution in [2.45, 2.75) is 13.5 Å². The highest BCUT2D eigenvalue weighted by Crippen LogP contribution is 2.19. The molecule has 1 aromatic carbocycles. The highest BCUT2D eigenvalue weighted by molar-refractivity contribution is 5.43. The highest BCUT2D eigenvalue weighted by Gasteiger charge is 2.16. The van der Waals surface area contributed by atoms with Gasteiger partial charge in [-0.3, -0.25) is 0 Å². The van der Waals surface area contributed by atoms with E-state index in [1.165, 1.54) is 0 Å². The quantitative estimate of drug-likeness (QED) is 0.728. The SMILES string of the molecule is Cc1nn(-c2ccccc2)c(Cn2ccnc2)c1C#N. The Hall–Kier alpha value is -2.87. The van der Waals surface area contributed by atoms with Gasteiger partial charge in [-0.25, -0.2) is 9.67 Å². The maximum atomic E-state index is 9.36. The van der Waals surface area contributed by atoms with Crippen LogP contribution in [0.25, 0.3) is 5.69 Å². The first kappa shape index (κ1) is 12.2. The van der Waals surface area contributed by atoms with Gasteiger partial charge in [-0.2, -0.15) is 10.4 Å². The van der Waals surface area contributed by atoms with Crippen molar-refractivity contribution < 1.29 is 0 Å². The minimum absolute atomic E-state index is 0.568. The Morgan fingerprint density at radius 2 is 2.05 bits per heavy atom. The van der Waals surface area contributed by atoms with Gasteiger partial charge in [0.05, 0.1) is 35.5 Å². The van der Waals surface area contributed by atoms with E-state index in [2.05, 4.69) is 16.2 Å². The van der Waals surface area contributed by atoms with E-state index in [-0.39, 0.29) is 0 Å². The molecule has 0 N–H and O–H groups in total. The Labute approximate surface area is 116 Å². The Morgan fingerprint density at radius 1 is 1.25 bits per heavy atom. The van der Waals surface area contributed by atoms with Crippen molar-refractivity contribution in [3.05, 3.63) is 66.0 Å². The van der Waals surface area contributed by atoms with Gasteiger partial charge in [0.2, 0.25) is 0 Å². The van der Waals surface area contributed by atoms with E-state index in [1.54, 1.807) is 12.5 Å². The summed E-state index contributed by atoms with van der Waals surface area (Å²) in [6.45, 7) is 2.42. The summed E-state index contributed by atoms with van der Waals surface area (Å²) in [6.07, 6.45) is 5.33. The molecule has 5 heteroatoms. The Balaban J connectivity index is 2.13. The van der Waals surface area contributed by atoms with Crippen LogP contribution < -0.4 is 0 Å². The number of para-hydroxylation sites is 1. The molecule has 0 fully saturated rings. The second-order valence-corrected chi connectivity index (χ2v) is 4.50. The Morgan fingerprint density at radius 3 is 2.70 bits per heavy atom. The van der Waals surface area contributed by atoms with Crippen LogP contribution in [-0.2, 0) is 6.54 Å². The predicted octanol–water partition coefficient (Wildman–Crippen LogP) is 2.30. The molecule has 98 valence electrons. The molecular formula is C15H13N5. The van der Waals surface area contributed by atoms with Gasteiger partial charge in [-0.15, -0.1) is 0 Å².